The average molecular weight is 881 g/mol. The summed E-state index contributed by atoms with van der Waals surface area (Å²) in [7, 11) is 0. The van der Waals surface area contributed by atoms with Crippen molar-refractivity contribution in [2.75, 3.05) is 9.80 Å². The van der Waals surface area contributed by atoms with E-state index in [1.807, 2.05) is 0 Å². The number of rotatable bonds is 6. The first-order valence-electron chi connectivity index (χ1n) is 23.9. The van der Waals surface area contributed by atoms with Crippen LogP contribution in [0.4, 0.5) is 34.1 Å². The zero-order chi connectivity index (χ0) is 46.4. The first-order valence-corrected chi connectivity index (χ1v) is 23.9. The van der Waals surface area contributed by atoms with Crippen LogP contribution < -0.4 is 9.80 Å². The normalized spacial score (nSPS) is 14.1. The van der Waals surface area contributed by atoms with Crippen LogP contribution in [0, 0.1) is 27.7 Å². The maximum atomic E-state index is 7.18. The highest BCUT2D eigenvalue weighted by molar-refractivity contribution is 6.21. The Balaban J connectivity index is 1.09. The van der Waals surface area contributed by atoms with Crippen LogP contribution in [0.15, 0.2) is 179 Å². The van der Waals surface area contributed by atoms with Crippen LogP contribution in [0.2, 0.25) is 0 Å². The minimum atomic E-state index is -0.371. The fraction of sp³-hybridized carbons (Fsp3) is 0.156. The Labute approximate surface area is 397 Å². The summed E-state index contributed by atoms with van der Waals surface area (Å²) in [5, 5.41) is 4.52. The van der Waals surface area contributed by atoms with E-state index < -0.39 is 0 Å². The molecule has 0 bridgehead atoms. The third kappa shape index (κ3) is 5.61. The molecule has 0 fully saturated rings. The number of aryl methyl sites for hydroxylation is 4. The van der Waals surface area contributed by atoms with E-state index in [2.05, 4.69) is 235 Å². The highest BCUT2D eigenvalue weighted by atomic mass is 16.3. The highest BCUT2D eigenvalue weighted by Gasteiger charge is 2.45. The molecule has 4 heteroatoms. The Hall–Kier alpha value is -7.82. The molecular formula is C64H52N2O2. The zero-order valence-electron chi connectivity index (χ0n) is 39.9. The third-order valence-corrected chi connectivity index (χ3v) is 15.3. The Morgan fingerprint density at radius 1 is 0.368 bits per heavy atom. The van der Waals surface area contributed by atoms with Gasteiger partial charge in [-0.05, 0) is 151 Å². The lowest BCUT2D eigenvalue weighted by Crippen LogP contribution is -2.18. The molecule has 0 unspecified atom stereocenters. The molecular weight excluding hydrogens is 829 g/mol. The second-order valence-corrected chi connectivity index (χ2v) is 20.4. The summed E-state index contributed by atoms with van der Waals surface area (Å²) in [6.07, 6.45) is 0. The summed E-state index contributed by atoms with van der Waals surface area (Å²) >= 11 is 0. The smallest absolute Gasteiger partial charge is 0.160 e. The molecule has 2 aliphatic rings. The SMILES string of the molecule is Cc1ccc(N(c2ccccc2)c2cc3c(c4c2oc2ccccc24)-c2cc4c(cc2C3(C)C)-c2c(cc(N(c3ccccc3)c3ccc(C)cc3C)c3c2oc2ccccc23)C4(C)C)c(C)c1. The molecule has 2 heterocycles. The second kappa shape index (κ2) is 14.3. The van der Waals surface area contributed by atoms with Crippen molar-refractivity contribution in [3.05, 3.63) is 214 Å². The number of furan rings is 2. The minimum absolute atomic E-state index is 0.363. The van der Waals surface area contributed by atoms with Crippen molar-refractivity contribution in [2.45, 2.75) is 66.2 Å². The van der Waals surface area contributed by atoms with E-state index in [1.54, 1.807) is 0 Å². The molecule has 0 amide bonds. The van der Waals surface area contributed by atoms with Crippen molar-refractivity contribution in [2.24, 2.45) is 0 Å². The second-order valence-electron chi connectivity index (χ2n) is 20.4. The molecule has 9 aromatic carbocycles. The molecule has 11 aromatic rings. The van der Waals surface area contributed by atoms with Crippen LogP contribution in [-0.4, -0.2) is 0 Å². The van der Waals surface area contributed by atoms with Gasteiger partial charge in [-0.3, -0.25) is 0 Å². The van der Waals surface area contributed by atoms with E-state index in [4.69, 9.17) is 8.83 Å². The molecule has 0 saturated carbocycles. The highest BCUT2D eigenvalue weighted by Crippen LogP contribution is 2.62. The number of nitrogens with zero attached hydrogens (tertiary/aromatic N) is 2. The van der Waals surface area contributed by atoms with Gasteiger partial charge >= 0.3 is 0 Å². The van der Waals surface area contributed by atoms with Crippen molar-refractivity contribution in [1.82, 2.24) is 0 Å². The van der Waals surface area contributed by atoms with Crippen molar-refractivity contribution >= 4 is 78.0 Å². The lowest BCUT2D eigenvalue weighted by molar-refractivity contribution is 0.649. The summed E-state index contributed by atoms with van der Waals surface area (Å²) in [5.74, 6) is 0. The number of fused-ring (bicyclic) bond motifs is 14. The largest absolute Gasteiger partial charge is 0.455 e. The van der Waals surface area contributed by atoms with Gasteiger partial charge in [-0.15, -0.1) is 0 Å². The molecule has 0 N–H and O–H groups in total. The van der Waals surface area contributed by atoms with Gasteiger partial charge in [0.1, 0.15) is 16.7 Å². The van der Waals surface area contributed by atoms with E-state index in [1.165, 1.54) is 66.8 Å². The van der Waals surface area contributed by atoms with Gasteiger partial charge in [0.05, 0.1) is 16.8 Å². The van der Waals surface area contributed by atoms with Crippen LogP contribution in [0.25, 0.3) is 66.1 Å². The molecule has 2 aromatic heterocycles. The van der Waals surface area contributed by atoms with Gasteiger partial charge in [0.2, 0.25) is 0 Å². The third-order valence-electron chi connectivity index (χ3n) is 15.3. The van der Waals surface area contributed by atoms with Crippen LogP contribution in [0.1, 0.15) is 72.2 Å². The van der Waals surface area contributed by atoms with E-state index in [9.17, 15) is 0 Å². The Morgan fingerprint density at radius 2 is 0.809 bits per heavy atom. The molecule has 330 valence electrons. The number of para-hydroxylation sites is 4. The van der Waals surface area contributed by atoms with Crippen LogP contribution in [-0.2, 0) is 10.8 Å². The fourth-order valence-corrected chi connectivity index (χ4v) is 12.1. The number of hydrogen-bond acceptors (Lipinski definition) is 4. The predicted molar refractivity (Wildman–Crippen MR) is 284 cm³/mol. The minimum Gasteiger partial charge on any atom is -0.455 e. The van der Waals surface area contributed by atoms with Gasteiger partial charge < -0.3 is 18.6 Å². The number of anilines is 6. The van der Waals surface area contributed by atoms with Crippen LogP contribution in [0.5, 0.6) is 0 Å². The van der Waals surface area contributed by atoms with Gasteiger partial charge in [-0.2, -0.15) is 0 Å². The van der Waals surface area contributed by atoms with E-state index in [0.29, 0.717) is 0 Å². The van der Waals surface area contributed by atoms with Gasteiger partial charge in [0.15, 0.2) is 5.58 Å². The molecule has 0 spiro atoms. The molecule has 68 heavy (non-hydrogen) atoms. The monoisotopic (exact) mass is 880 g/mol. The summed E-state index contributed by atoms with van der Waals surface area (Å²) < 4.78 is 14.3. The maximum absolute atomic E-state index is 7.18. The summed E-state index contributed by atoms with van der Waals surface area (Å²) in [5.41, 5.74) is 24.5. The van der Waals surface area contributed by atoms with Crippen molar-refractivity contribution in [3.63, 3.8) is 0 Å². The van der Waals surface area contributed by atoms with Crippen molar-refractivity contribution < 1.29 is 8.83 Å². The predicted octanol–water partition coefficient (Wildman–Crippen LogP) is 18.3. The Kier molecular flexibility index (Phi) is 8.53. The molecule has 0 radical (unpaired) electrons. The topological polar surface area (TPSA) is 32.8 Å². The van der Waals surface area contributed by atoms with Crippen molar-refractivity contribution in [1.29, 1.82) is 0 Å². The molecule has 0 atom stereocenters. The lowest BCUT2D eigenvalue weighted by Gasteiger charge is -2.30. The van der Waals surface area contributed by atoms with E-state index in [0.717, 1.165) is 78.0 Å². The zero-order valence-corrected chi connectivity index (χ0v) is 39.9. The van der Waals surface area contributed by atoms with E-state index >= 15 is 0 Å². The van der Waals surface area contributed by atoms with Gasteiger partial charge in [-0.25, -0.2) is 0 Å². The lowest BCUT2D eigenvalue weighted by atomic mass is 9.79. The van der Waals surface area contributed by atoms with Gasteiger partial charge in [0.25, 0.3) is 0 Å². The standard InChI is InChI=1S/C64H52N2O2/c1-37-27-29-51(39(3)31-37)65(41-19-11-9-12-20-41)53-35-50-58(62-59(53)43-23-15-17-25-55(43)68-62)46-34-47-45(33-48(46)64(50,7)8)57-49(63(47,5)6)36-54(61-60(57)44-24-16-18-26-56(44)67-61)66(42-21-13-10-14-22-42)52-30-28-38(2)32-40(52)4/h9-36H,1-8H3. The molecule has 13 rings (SSSR count). The average Bonchev–Trinajstić information content (AvgIpc) is 4.04. The first kappa shape index (κ1) is 40.5. The maximum Gasteiger partial charge on any atom is 0.160 e. The van der Waals surface area contributed by atoms with Crippen molar-refractivity contribution in [3.8, 4) is 22.3 Å². The summed E-state index contributed by atoms with van der Waals surface area (Å²) in [6, 6.07) is 62.2. The van der Waals surface area contributed by atoms with Gasteiger partial charge in [-0.1, -0.05) is 136 Å². The van der Waals surface area contributed by atoms with Gasteiger partial charge in [0, 0.05) is 55.3 Å². The first-order chi connectivity index (χ1) is 32.9. The summed E-state index contributed by atoms with van der Waals surface area (Å²) in [6.45, 7) is 18.4. The number of benzene rings is 9. The fourth-order valence-electron chi connectivity index (χ4n) is 12.1. The molecule has 4 nitrogen and oxygen atoms in total. The molecule has 0 saturated heterocycles. The Morgan fingerprint density at radius 3 is 1.35 bits per heavy atom. The van der Waals surface area contributed by atoms with E-state index in [-0.39, 0.29) is 10.8 Å². The Bertz CT molecular complexity index is 3910. The molecule has 0 aliphatic heterocycles. The number of hydrogen-bond donors (Lipinski definition) is 0. The summed E-state index contributed by atoms with van der Waals surface area (Å²) in [4.78, 5) is 4.86. The quantitative estimate of drug-likeness (QED) is 0.167. The van der Waals surface area contributed by atoms with Crippen LogP contribution in [0.3, 0.4) is 0 Å². The molecule has 2 aliphatic carbocycles. The van der Waals surface area contributed by atoms with Crippen LogP contribution >= 0.6 is 0 Å².